The molecule has 0 N–H and O–H groups in total. The minimum atomic E-state index is -0.290. The quantitative estimate of drug-likeness (QED) is 0.664. The van der Waals surface area contributed by atoms with Crippen LogP contribution in [0.5, 0.6) is 0 Å². The summed E-state index contributed by atoms with van der Waals surface area (Å²) < 4.78 is 3.09. The van der Waals surface area contributed by atoms with E-state index in [2.05, 4.69) is 39.1 Å². The van der Waals surface area contributed by atoms with Gasteiger partial charge in [0.15, 0.2) is 0 Å². The lowest BCUT2D eigenvalue weighted by Crippen LogP contribution is -2.12. The van der Waals surface area contributed by atoms with Crippen molar-refractivity contribution >= 4 is 21.4 Å². The molecule has 0 aliphatic heterocycles. The van der Waals surface area contributed by atoms with Crippen LogP contribution in [0.25, 0.3) is 5.52 Å². The van der Waals surface area contributed by atoms with E-state index in [4.69, 9.17) is 0 Å². The lowest BCUT2D eigenvalue weighted by molar-refractivity contribution is 0.317. The molecule has 2 heterocycles. The van der Waals surface area contributed by atoms with E-state index in [-0.39, 0.29) is 6.04 Å². The van der Waals surface area contributed by atoms with Crippen LogP contribution in [-0.2, 0) is 6.42 Å². The lowest BCUT2D eigenvalue weighted by Gasteiger charge is -2.24. The highest BCUT2D eigenvalue weighted by Crippen LogP contribution is 2.36. The zero-order valence-corrected chi connectivity index (χ0v) is 14.6. The standard InChI is InChI=1S/C17H22BrN3O/c1-2-13-14(18)9-16(21-11-19-10-17(13)21)15(20-22)8-12-6-4-3-5-7-12/h9-12,15H,2-8H2,1H3. The highest BCUT2D eigenvalue weighted by molar-refractivity contribution is 9.10. The van der Waals surface area contributed by atoms with Crippen molar-refractivity contribution in [3.05, 3.63) is 39.2 Å². The van der Waals surface area contributed by atoms with Crippen molar-refractivity contribution in [2.75, 3.05) is 0 Å². The van der Waals surface area contributed by atoms with Crippen LogP contribution in [0.2, 0.25) is 0 Å². The molecule has 0 bridgehead atoms. The Kier molecular flexibility index (Phi) is 4.91. The number of nitrogens with zero attached hydrogens (tertiary/aromatic N) is 3. The second-order valence-electron chi connectivity index (χ2n) is 6.26. The Morgan fingerprint density at radius 3 is 2.86 bits per heavy atom. The van der Waals surface area contributed by atoms with Gasteiger partial charge in [-0.1, -0.05) is 60.1 Å². The number of nitroso groups, excluding NO2 is 1. The Bertz CT molecular complexity index is 661. The Morgan fingerprint density at radius 2 is 2.18 bits per heavy atom. The van der Waals surface area contributed by atoms with E-state index < -0.39 is 0 Å². The molecule has 0 aromatic carbocycles. The first-order valence-electron chi connectivity index (χ1n) is 8.20. The number of rotatable bonds is 5. The summed E-state index contributed by atoms with van der Waals surface area (Å²) in [7, 11) is 0. The maximum absolute atomic E-state index is 11.5. The van der Waals surface area contributed by atoms with Gasteiger partial charge in [-0.25, -0.2) is 4.98 Å². The van der Waals surface area contributed by atoms with Gasteiger partial charge in [-0.05, 0) is 30.4 Å². The molecule has 0 amide bonds. The average Bonchev–Trinajstić information content (AvgIpc) is 3.02. The third-order valence-corrected chi connectivity index (χ3v) is 5.60. The molecule has 1 unspecified atom stereocenters. The Morgan fingerprint density at radius 1 is 1.41 bits per heavy atom. The fourth-order valence-corrected chi connectivity index (χ4v) is 4.41. The number of imidazole rings is 1. The topological polar surface area (TPSA) is 46.7 Å². The second kappa shape index (κ2) is 6.90. The molecule has 1 aliphatic carbocycles. The molecule has 4 nitrogen and oxygen atoms in total. The second-order valence-corrected chi connectivity index (χ2v) is 7.11. The summed E-state index contributed by atoms with van der Waals surface area (Å²) in [5.74, 6) is 0.625. The van der Waals surface area contributed by atoms with Crippen molar-refractivity contribution in [1.82, 2.24) is 9.38 Å². The summed E-state index contributed by atoms with van der Waals surface area (Å²) in [5.41, 5.74) is 3.25. The van der Waals surface area contributed by atoms with Gasteiger partial charge in [-0.3, -0.25) is 0 Å². The van der Waals surface area contributed by atoms with Gasteiger partial charge in [0.05, 0.1) is 23.7 Å². The molecule has 0 saturated heterocycles. The van der Waals surface area contributed by atoms with E-state index >= 15 is 0 Å². The minimum Gasteiger partial charge on any atom is -0.301 e. The Labute approximate surface area is 139 Å². The lowest BCUT2D eigenvalue weighted by atomic mass is 9.84. The third kappa shape index (κ3) is 2.96. The van der Waals surface area contributed by atoms with Gasteiger partial charge in [-0.15, -0.1) is 0 Å². The number of halogens is 1. The van der Waals surface area contributed by atoms with Crippen molar-refractivity contribution in [1.29, 1.82) is 0 Å². The van der Waals surface area contributed by atoms with Gasteiger partial charge in [0.2, 0.25) is 0 Å². The molecule has 5 heteroatoms. The molecular formula is C17H22BrN3O. The van der Waals surface area contributed by atoms with Crippen LogP contribution in [0.1, 0.15) is 62.7 Å². The average molecular weight is 364 g/mol. The molecular weight excluding hydrogens is 342 g/mol. The Balaban J connectivity index is 1.96. The van der Waals surface area contributed by atoms with Crippen molar-refractivity contribution in [3.8, 4) is 0 Å². The highest BCUT2D eigenvalue weighted by Gasteiger charge is 2.24. The van der Waals surface area contributed by atoms with Crippen LogP contribution in [0.3, 0.4) is 0 Å². The predicted octanol–water partition coefficient (Wildman–Crippen LogP) is 5.44. The third-order valence-electron chi connectivity index (χ3n) is 4.89. The zero-order chi connectivity index (χ0) is 15.5. The summed E-state index contributed by atoms with van der Waals surface area (Å²) in [6, 6.07) is 1.77. The molecule has 2 aromatic heterocycles. The van der Waals surface area contributed by atoms with Gasteiger partial charge < -0.3 is 4.40 Å². The number of aryl methyl sites for hydroxylation is 1. The summed E-state index contributed by atoms with van der Waals surface area (Å²) in [6.45, 7) is 2.13. The largest absolute Gasteiger partial charge is 0.301 e. The molecule has 0 radical (unpaired) electrons. The first-order valence-corrected chi connectivity index (χ1v) is 8.99. The predicted molar refractivity (Wildman–Crippen MR) is 92.0 cm³/mol. The van der Waals surface area contributed by atoms with Crippen LogP contribution in [0.15, 0.2) is 28.2 Å². The maximum atomic E-state index is 11.5. The fourth-order valence-electron chi connectivity index (χ4n) is 3.70. The summed E-state index contributed by atoms with van der Waals surface area (Å²) in [6.07, 6.45) is 11.8. The molecule has 1 aliphatic rings. The normalized spacial score (nSPS) is 17.7. The van der Waals surface area contributed by atoms with Crippen molar-refractivity contribution in [2.45, 2.75) is 57.9 Å². The molecule has 118 valence electrons. The van der Waals surface area contributed by atoms with E-state index in [1.807, 2.05) is 10.6 Å². The summed E-state index contributed by atoms with van der Waals surface area (Å²) in [5, 5.41) is 3.46. The van der Waals surface area contributed by atoms with Crippen LogP contribution < -0.4 is 0 Å². The van der Waals surface area contributed by atoms with Gasteiger partial charge in [0.25, 0.3) is 0 Å². The molecule has 0 spiro atoms. The minimum absolute atomic E-state index is 0.290. The molecule has 1 fully saturated rings. The van der Waals surface area contributed by atoms with Gasteiger partial charge in [0.1, 0.15) is 6.04 Å². The number of hydrogen-bond donors (Lipinski definition) is 0. The first kappa shape index (κ1) is 15.7. The van der Waals surface area contributed by atoms with E-state index in [0.29, 0.717) is 5.92 Å². The van der Waals surface area contributed by atoms with Crippen LogP contribution in [0.4, 0.5) is 0 Å². The molecule has 1 atom stereocenters. The van der Waals surface area contributed by atoms with Gasteiger partial charge >= 0.3 is 0 Å². The van der Waals surface area contributed by atoms with Crippen LogP contribution >= 0.6 is 15.9 Å². The first-order chi connectivity index (χ1) is 10.7. The highest BCUT2D eigenvalue weighted by atomic mass is 79.9. The SMILES string of the molecule is CCc1c(Br)cc(C(CC2CCCCC2)N=O)n2cncc12. The van der Waals surface area contributed by atoms with E-state index in [1.165, 1.54) is 37.7 Å². The smallest absolute Gasteiger partial charge is 0.132 e. The molecule has 22 heavy (non-hydrogen) atoms. The zero-order valence-electron chi connectivity index (χ0n) is 13.0. The number of aromatic nitrogens is 2. The molecule has 3 rings (SSSR count). The van der Waals surface area contributed by atoms with Gasteiger partial charge in [-0.2, -0.15) is 4.91 Å². The van der Waals surface area contributed by atoms with Crippen molar-refractivity contribution in [3.63, 3.8) is 0 Å². The molecule has 1 saturated carbocycles. The van der Waals surface area contributed by atoms with Crippen molar-refractivity contribution in [2.24, 2.45) is 11.1 Å². The van der Waals surface area contributed by atoms with E-state index in [1.54, 1.807) is 6.33 Å². The fraction of sp³-hybridized carbons (Fsp3) is 0.588. The number of fused-ring (bicyclic) bond motifs is 1. The monoisotopic (exact) mass is 363 g/mol. The number of hydrogen-bond acceptors (Lipinski definition) is 3. The van der Waals surface area contributed by atoms with E-state index in [9.17, 15) is 4.91 Å². The number of pyridine rings is 1. The molecule has 2 aromatic rings. The van der Waals surface area contributed by atoms with Crippen LogP contribution in [-0.4, -0.2) is 9.38 Å². The Hall–Kier alpha value is -1.23. The van der Waals surface area contributed by atoms with Gasteiger partial charge in [0, 0.05) is 4.47 Å². The summed E-state index contributed by atoms with van der Waals surface area (Å²) >= 11 is 3.65. The van der Waals surface area contributed by atoms with Crippen molar-refractivity contribution < 1.29 is 0 Å². The van der Waals surface area contributed by atoms with Crippen LogP contribution in [0, 0.1) is 10.8 Å². The van der Waals surface area contributed by atoms with E-state index in [0.717, 1.165) is 28.5 Å². The maximum Gasteiger partial charge on any atom is 0.132 e. The summed E-state index contributed by atoms with van der Waals surface area (Å²) in [4.78, 5) is 15.8.